The number of hydrazone groups is 1. The minimum atomic E-state index is -1.13. The SMILES string of the molecule is CCOC(=O)/C(=N/Nc1cccc(C(C)=O)c1)[N+](=O)[O-]. The summed E-state index contributed by atoms with van der Waals surface area (Å²) in [6.45, 7) is 2.92. The lowest BCUT2D eigenvalue weighted by molar-refractivity contribution is -0.350. The van der Waals surface area contributed by atoms with Gasteiger partial charge in [0.05, 0.1) is 17.4 Å². The Labute approximate surface area is 114 Å². The number of nitro groups is 1. The minimum Gasteiger partial charge on any atom is -0.457 e. The number of rotatable bonds is 4. The van der Waals surface area contributed by atoms with Crippen LogP contribution in [0.15, 0.2) is 29.4 Å². The molecule has 106 valence electrons. The van der Waals surface area contributed by atoms with Crippen LogP contribution in [0.2, 0.25) is 0 Å². The molecule has 1 aromatic carbocycles. The zero-order valence-corrected chi connectivity index (χ0v) is 11.0. The Morgan fingerprint density at radius 1 is 1.45 bits per heavy atom. The molecule has 0 saturated heterocycles. The maximum atomic E-state index is 11.3. The van der Waals surface area contributed by atoms with Gasteiger partial charge in [-0.2, -0.15) is 5.43 Å². The minimum absolute atomic E-state index is 0.00547. The maximum Gasteiger partial charge on any atom is 0.473 e. The summed E-state index contributed by atoms with van der Waals surface area (Å²) in [7, 11) is 0. The molecule has 0 amide bonds. The van der Waals surface area contributed by atoms with Crippen LogP contribution in [0.4, 0.5) is 5.69 Å². The average Bonchev–Trinajstić information content (AvgIpc) is 2.39. The van der Waals surface area contributed by atoms with Gasteiger partial charge >= 0.3 is 11.8 Å². The van der Waals surface area contributed by atoms with Crippen molar-refractivity contribution in [2.75, 3.05) is 12.0 Å². The summed E-state index contributed by atoms with van der Waals surface area (Å²) >= 11 is 0. The van der Waals surface area contributed by atoms with Gasteiger partial charge in [0.25, 0.3) is 0 Å². The fraction of sp³-hybridized carbons (Fsp3) is 0.250. The third-order valence-electron chi connectivity index (χ3n) is 2.19. The molecular formula is C12H13N3O5. The van der Waals surface area contributed by atoms with Crippen LogP contribution in [0.25, 0.3) is 0 Å². The van der Waals surface area contributed by atoms with Gasteiger partial charge in [-0.15, -0.1) is 0 Å². The lowest BCUT2D eigenvalue weighted by Gasteiger charge is -2.00. The molecule has 0 aromatic heterocycles. The summed E-state index contributed by atoms with van der Waals surface area (Å²) in [6, 6.07) is 6.20. The normalized spacial score (nSPS) is 10.8. The summed E-state index contributed by atoms with van der Waals surface area (Å²) in [6.07, 6.45) is 0. The molecule has 1 aromatic rings. The first-order valence-electron chi connectivity index (χ1n) is 5.72. The second kappa shape index (κ2) is 6.98. The van der Waals surface area contributed by atoms with E-state index in [0.29, 0.717) is 11.3 Å². The lowest BCUT2D eigenvalue weighted by atomic mass is 10.1. The van der Waals surface area contributed by atoms with E-state index in [1.54, 1.807) is 18.2 Å². The molecule has 0 heterocycles. The Hall–Kier alpha value is -2.77. The highest BCUT2D eigenvalue weighted by Crippen LogP contribution is 2.11. The quantitative estimate of drug-likeness (QED) is 0.223. The Balaban J connectivity index is 2.92. The summed E-state index contributed by atoms with van der Waals surface area (Å²) in [4.78, 5) is 32.2. The number of carbonyl (C=O) groups excluding carboxylic acids is 2. The van der Waals surface area contributed by atoms with Crippen molar-refractivity contribution in [2.24, 2.45) is 5.10 Å². The molecule has 1 rings (SSSR count). The van der Waals surface area contributed by atoms with Crippen LogP contribution >= 0.6 is 0 Å². The zero-order chi connectivity index (χ0) is 15.1. The van der Waals surface area contributed by atoms with E-state index in [1.807, 2.05) is 0 Å². The molecule has 0 unspecified atom stereocenters. The second-order valence-corrected chi connectivity index (χ2v) is 3.66. The molecule has 0 aliphatic heterocycles. The number of benzene rings is 1. The number of esters is 1. The third-order valence-corrected chi connectivity index (χ3v) is 2.19. The first-order valence-corrected chi connectivity index (χ1v) is 5.72. The monoisotopic (exact) mass is 279 g/mol. The number of amidine groups is 1. The average molecular weight is 279 g/mol. The third kappa shape index (κ3) is 4.16. The molecule has 8 heteroatoms. The van der Waals surface area contributed by atoms with E-state index >= 15 is 0 Å². The summed E-state index contributed by atoms with van der Waals surface area (Å²) in [5, 5.41) is 14.1. The van der Waals surface area contributed by atoms with Crippen LogP contribution in [0.1, 0.15) is 24.2 Å². The van der Waals surface area contributed by atoms with E-state index in [9.17, 15) is 19.7 Å². The number of ketones is 1. The smallest absolute Gasteiger partial charge is 0.457 e. The van der Waals surface area contributed by atoms with E-state index in [1.165, 1.54) is 19.9 Å². The van der Waals surface area contributed by atoms with Crippen molar-refractivity contribution in [3.8, 4) is 0 Å². The molecule has 0 bridgehead atoms. The number of carbonyl (C=O) groups is 2. The number of hydrogen-bond donors (Lipinski definition) is 1. The summed E-state index contributed by atoms with van der Waals surface area (Å²) in [5.74, 6) is -2.25. The number of ether oxygens (including phenoxy) is 1. The zero-order valence-electron chi connectivity index (χ0n) is 11.0. The van der Waals surface area contributed by atoms with E-state index in [-0.39, 0.29) is 12.4 Å². The van der Waals surface area contributed by atoms with Gasteiger partial charge in [-0.3, -0.25) is 4.79 Å². The van der Waals surface area contributed by atoms with Crippen molar-refractivity contribution < 1.29 is 19.2 Å². The molecule has 0 radical (unpaired) electrons. The van der Waals surface area contributed by atoms with Crippen LogP contribution in [-0.4, -0.2) is 29.1 Å². The standard InChI is InChI=1S/C12H13N3O5/c1-3-20-12(17)11(15(18)19)14-13-10-6-4-5-9(7-10)8(2)16/h4-7,13H,3H2,1-2H3/b14-11-. The van der Waals surface area contributed by atoms with Crippen LogP contribution < -0.4 is 5.43 Å². The first-order chi connectivity index (χ1) is 9.45. The maximum absolute atomic E-state index is 11.3. The molecule has 8 nitrogen and oxygen atoms in total. The van der Waals surface area contributed by atoms with E-state index < -0.39 is 16.7 Å². The largest absolute Gasteiger partial charge is 0.473 e. The second-order valence-electron chi connectivity index (χ2n) is 3.66. The number of anilines is 1. The van der Waals surface area contributed by atoms with E-state index in [0.717, 1.165) is 0 Å². The molecule has 0 aliphatic rings. The van der Waals surface area contributed by atoms with Crippen molar-refractivity contribution in [1.82, 2.24) is 0 Å². The molecule has 0 fully saturated rings. The van der Waals surface area contributed by atoms with Crippen LogP contribution in [0.5, 0.6) is 0 Å². The fourth-order valence-electron chi connectivity index (χ4n) is 1.28. The summed E-state index contributed by atoms with van der Waals surface area (Å²) in [5.41, 5.74) is 3.12. The first kappa shape index (κ1) is 15.3. The van der Waals surface area contributed by atoms with E-state index in [4.69, 9.17) is 0 Å². The molecule has 1 N–H and O–H groups in total. The van der Waals surface area contributed by atoms with Gasteiger partial charge in [0.2, 0.25) is 0 Å². The van der Waals surface area contributed by atoms with Crippen LogP contribution in [0.3, 0.4) is 0 Å². The van der Waals surface area contributed by atoms with Gasteiger partial charge in [-0.1, -0.05) is 12.1 Å². The Kier molecular flexibility index (Phi) is 5.33. The van der Waals surface area contributed by atoms with Gasteiger partial charge in [0.15, 0.2) is 5.78 Å². The molecule has 20 heavy (non-hydrogen) atoms. The van der Waals surface area contributed by atoms with Gasteiger partial charge in [0.1, 0.15) is 0 Å². The van der Waals surface area contributed by atoms with Crippen molar-refractivity contribution in [3.05, 3.63) is 39.9 Å². The van der Waals surface area contributed by atoms with Crippen LogP contribution in [-0.2, 0) is 9.53 Å². The van der Waals surface area contributed by atoms with Crippen molar-refractivity contribution >= 4 is 23.3 Å². The van der Waals surface area contributed by atoms with Gasteiger partial charge < -0.3 is 14.9 Å². The fourth-order valence-corrected chi connectivity index (χ4v) is 1.28. The van der Waals surface area contributed by atoms with Gasteiger partial charge in [-0.25, -0.2) is 4.79 Å². The highest BCUT2D eigenvalue weighted by molar-refractivity contribution is 6.31. The number of nitrogens with one attached hydrogen (secondary N) is 1. The summed E-state index contributed by atoms with van der Waals surface area (Å²) < 4.78 is 4.51. The Bertz CT molecular complexity index is 568. The lowest BCUT2D eigenvalue weighted by Crippen LogP contribution is -2.26. The number of hydrogen-bond acceptors (Lipinski definition) is 7. The van der Waals surface area contributed by atoms with Crippen LogP contribution in [0, 0.1) is 10.1 Å². The molecule has 0 saturated carbocycles. The molecule has 0 aliphatic carbocycles. The Morgan fingerprint density at radius 2 is 2.15 bits per heavy atom. The van der Waals surface area contributed by atoms with Crippen molar-refractivity contribution in [1.29, 1.82) is 0 Å². The predicted molar refractivity (Wildman–Crippen MR) is 71.1 cm³/mol. The molecule has 0 spiro atoms. The van der Waals surface area contributed by atoms with E-state index in [2.05, 4.69) is 15.3 Å². The number of nitrogens with zero attached hydrogens (tertiary/aromatic N) is 2. The predicted octanol–water partition coefficient (Wildman–Crippen LogP) is 1.45. The molecule has 0 atom stereocenters. The van der Waals surface area contributed by atoms with Gasteiger partial charge in [-0.05, 0) is 30.9 Å². The highest BCUT2D eigenvalue weighted by Gasteiger charge is 2.26. The van der Waals surface area contributed by atoms with Crippen molar-refractivity contribution in [2.45, 2.75) is 13.8 Å². The Morgan fingerprint density at radius 3 is 2.70 bits per heavy atom. The number of Topliss-reactive ketones (excluding diaryl/α,β-unsaturated/α-hetero) is 1. The van der Waals surface area contributed by atoms with Crippen molar-refractivity contribution in [3.63, 3.8) is 0 Å². The topological polar surface area (TPSA) is 111 Å². The molecular weight excluding hydrogens is 266 g/mol. The highest BCUT2D eigenvalue weighted by atomic mass is 16.6. The van der Waals surface area contributed by atoms with Gasteiger partial charge in [0, 0.05) is 5.56 Å².